The fourth-order valence-corrected chi connectivity index (χ4v) is 3.40. The number of benzene rings is 3. The van der Waals surface area contributed by atoms with E-state index < -0.39 is 21.0 Å². The van der Waals surface area contributed by atoms with Crippen LogP contribution in [0.15, 0.2) is 71.6 Å². The predicted molar refractivity (Wildman–Crippen MR) is 110 cm³/mol. The Labute approximate surface area is 173 Å². The molecule has 0 spiro atoms. The number of esters is 1. The zero-order valence-corrected chi connectivity index (χ0v) is 17.0. The lowest BCUT2D eigenvalue weighted by atomic mass is 10.1. The van der Waals surface area contributed by atoms with Gasteiger partial charge in [-0.05, 0) is 54.4 Å². The van der Waals surface area contributed by atoms with Crippen LogP contribution < -0.4 is 9.47 Å². The average Bonchev–Trinajstić information content (AvgIpc) is 2.73. The average molecular weight is 426 g/mol. The van der Waals surface area contributed by atoms with Crippen LogP contribution in [0.25, 0.3) is 11.1 Å². The van der Waals surface area contributed by atoms with E-state index in [1.165, 1.54) is 50.4 Å². The van der Waals surface area contributed by atoms with E-state index in [1.807, 2.05) is 0 Å². The van der Waals surface area contributed by atoms with Gasteiger partial charge in [-0.3, -0.25) is 9.35 Å². The highest BCUT2D eigenvalue weighted by Gasteiger charge is 2.21. The fraction of sp³-hybridized carbons (Fsp3) is 0.0909. The van der Waals surface area contributed by atoms with E-state index in [0.29, 0.717) is 22.4 Å². The molecule has 0 saturated carbocycles. The molecule has 7 nitrogen and oxygen atoms in total. The molecule has 0 amide bonds. The number of ether oxygens (including phenoxy) is 2. The van der Waals surface area contributed by atoms with Gasteiger partial charge in [-0.2, -0.15) is 8.42 Å². The van der Waals surface area contributed by atoms with Crippen molar-refractivity contribution in [3.8, 4) is 22.6 Å². The zero-order valence-electron chi connectivity index (χ0n) is 16.2. The van der Waals surface area contributed by atoms with Crippen LogP contribution in [0.4, 0.5) is 0 Å². The van der Waals surface area contributed by atoms with Gasteiger partial charge in [-0.1, -0.05) is 30.3 Å². The van der Waals surface area contributed by atoms with Crippen LogP contribution >= 0.6 is 0 Å². The summed E-state index contributed by atoms with van der Waals surface area (Å²) in [5.41, 5.74) is 1.73. The largest absolute Gasteiger partial charge is 0.497 e. The first-order chi connectivity index (χ1) is 14.2. The summed E-state index contributed by atoms with van der Waals surface area (Å²) in [6.07, 6.45) is 0. The van der Waals surface area contributed by atoms with Gasteiger partial charge in [-0.25, -0.2) is 4.79 Å². The Morgan fingerprint density at radius 3 is 1.93 bits per heavy atom. The highest BCUT2D eigenvalue weighted by atomic mass is 32.2. The molecule has 8 heteroatoms. The standard InChI is InChI=1S/C22H18O7S/c1-14(23)15-3-5-17(6-4-15)22(24)29-20-12-9-18(13-21(20)30(25,26)27)16-7-10-19(28-2)11-8-16/h3-13H,1-2H3,(H,25,26,27). The third kappa shape index (κ3) is 4.73. The first-order valence-corrected chi connectivity index (χ1v) is 10.2. The number of carbonyl (C=O) groups is 2. The fourth-order valence-electron chi connectivity index (χ4n) is 2.76. The minimum absolute atomic E-state index is 0.125. The Bertz CT molecular complexity index is 1200. The Morgan fingerprint density at radius 1 is 0.833 bits per heavy atom. The Hall–Kier alpha value is -3.49. The van der Waals surface area contributed by atoms with Gasteiger partial charge in [0.05, 0.1) is 12.7 Å². The van der Waals surface area contributed by atoms with Crippen LogP contribution in [-0.4, -0.2) is 31.8 Å². The number of ketones is 1. The van der Waals surface area contributed by atoms with Crippen molar-refractivity contribution in [1.29, 1.82) is 0 Å². The van der Waals surface area contributed by atoms with Gasteiger partial charge in [0.15, 0.2) is 11.5 Å². The van der Waals surface area contributed by atoms with Gasteiger partial charge in [-0.15, -0.1) is 0 Å². The third-order valence-corrected chi connectivity index (χ3v) is 5.25. The molecule has 30 heavy (non-hydrogen) atoms. The summed E-state index contributed by atoms with van der Waals surface area (Å²) in [6, 6.07) is 16.7. The maximum absolute atomic E-state index is 12.4. The Kier molecular flexibility index (Phi) is 6.00. The van der Waals surface area contributed by atoms with Gasteiger partial charge < -0.3 is 9.47 Å². The van der Waals surface area contributed by atoms with Crippen molar-refractivity contribution < 1.29 is 32.0 Å². The second kappa shape index (κ2) is 8.48. The highest BCUT2D eigenvalue weighted by molar-refractivity contribution is 7.86. The van der Waals surface area contributed by atoms with E-state index >= 15 is 0 Å². The molecule has 0 unspecified atom stereocenters. The maximum atomic E-state index is 12.4. The lowest BCUT2D eigenvalue weighted by Crippen LogP contribution is -2.12. The normalized spacial score (nSPS) is 11.0. The summed E-state index contributed by atoms with van der Waals surface area (Å²) in [7, 11) is -3.14. The van der Waals surface area contributed by atoms with E-state index in [0.717, 1.165) is 0 Å². The van der Waals surface area contributed by atoms with Crippen LogP contribution in [-0.2, 0) is 10.1 Å². The molecule has 1 N–H and O–H groups in total. The minimum atomic E-state index is -4.67. The number of rotatable bonds is 6. The van der Waals surface area contributed by atoms with Crippen molar-refractivity contribution in [3.05, 3.63) is 77.9 Å². The highest BCUT2D eigenvalue weighted by Crippen LogP contribution is 2.31. The monoisotopic (exact) mass is 426 g/mol. The molecular weight excluding hydrogens is 408 g/mol. The SMILES string of the molecule is COc1ccc(-c2ccc(OC(=O)c3ccc(C(C)=O)cc3)c(S(=O)(=O)O)c2)cc1. The van der Waals surface area contributed by atoms with E-state index in [2.05, 4.69) is 0 Å². The Balaban J connectivity index is 1.93. The molecule has 154 valence electrons. The number of Topliss-reactive ketones (excluding diaryl/α,β-unsaturated/α-hetero) is 1. The van der Waals surface area contributed by atoms with Crippen LogP contribution in [0.2, 0.25) is 0 Å². The molecular formula is C22H18O7S. The van der Waals surface area contributed by atoms with Gasteiger partial charge in [0.2, 0.25) is 0 Å². The first kappa shape index (κ1) is 21.2. The van der Waals surface area contributed by atoms with Crippen LogP contribution in [0.5, 0.6) is 11.5 Å². The molecule has 0 atom stereocenters. The van der Waals surface area contributed by atoms with Crippen molar-refractivity contribution >= 4 is 21.9 Å². The van der Waals surface area contributed by atoms with E-state index in [4.69, 9.17) is 9.47 Å². The van der Waals surface area contributed by atoms with Crippen molar-refractivity contribution in [1.82, 2.24) is 0 Å². The van der Waals surface area contributed by atoms with Gasteiger partial charge in [0.25, 0.3) is 10.1 Å². The molecule has 3 aromatic carbocycles. The van der Waals surface area contributed by atoms with E-state index in [1.54, 1.807) is 30.3 Å². The maximum Gasteiger partial charge on any atom is 0.343 e. The van der Waals surface area contributed by atoms with Crippen LogP contribution in [0, 0.1) is 0 Å². The molecule has 0 bridgehead atoms. The zero-order chi connectivity index (χ0) is 21.9. The number of carbonyl (C=O) groups excluding carboxylic acids is 2. The molecule has 0 fully saturated rings. The summed E-state index contributed by atoms with van der Waals surface area (Å²) >= 11 is 0. The molecule has 3 rings (SSSR count). The number of hydrogen-bond donors (Lipinski definition) is 1. The smallest absolute Gasteiger partial charge is 0.343 e. The molecule has 3 aromatic rings. The minimum Gasteiger partial charge on any atom is -0.497 e. The third-order valence-electron chi connectivity index (χ3n) is 4.37. The van der Waals surface area contributed by atoms with Gasteiger partial charge >= 0.3 is 5.97 Å². The van der Waals surface area contributed by atoms with E-state index in [9.17, 15) is 22.6 Å². The van der Waals surface area contributed by atoms with Crippen molar-refractivity contribution in [3.63, 3.8) is 0 Å². The number of hydrogen-bond acceptors (Lipinski definition) is 6. The van der Waals surface area contributed by atoms with Crippen LogP contribution in [0.3, 0.4) is 0 Å². The molecule has 0 aliphatic heterocycles. The molecule has 0 radical (unpaired) electrons. The molecule has 0 aromatic heterocycles. The van der Waals surface area contributed by atoms with Crippen molar-refractivity contribution in [2.75, 3.05) is 7.11 Å². The first-order valence-electron chi connectivity index (χ1n) is 8.78. The van der Waals surface area contributed by atoms with Crippen molar-refractivity contribution in [2.45, 2.75) is 11.8 Å². The topological polar surface area (TPSA) is 107 Å². The summed E-state index contributed by atoms with van der Waals surface area (Å²) in [5, 5.41) is 0. The summed E-state index contributed by atoms with van der Waals surface area (Å²) < 4.78 is 43.7. The quantitative estimate of drug-likeness (QED) is 0.274. The van der Waals surface area contributed by atoms with Crippen LogP contribution in [0.1, 0.15) is 27.6 Å². The summed E-state index contributed by atoms with van der Waals surface area (Å²) in [6.45, 7) is 1.40. The second-order valence-electron chi connectivity index (χ2n) is 6.39. The Morgan fingerprint density at radius 2 is 1.40 bits per heavy atom. The van der Waals surface area contributed by atoms with Crippen molar-refractivity contribution in [2.24, 2.45) is 0 Å². The summed E-state index contributed by atoms with van der Waals surface area (Å²) in [4.78, 5) is 23.2. The predicted octanol–water partition coefficient (Wildman–Crippen LogP) is 4.03. The lowest BCUT2D eigenvalue weighted by molar-refractivity contribution is 0.0729. The lowest BCUT2D eigenvalue weighted by Gasteiger charge is -2.11. The molecule has 0 aliphatic rings. The second-order valence-corrected chi connectivity index (χ2v) is 7.78. The summed E-state index contributed by atoms with van der Waals surface area (Å²) in [5.74, 6) is -0.657. The molecule has 0 aliphatic carbocycles. The number of methoxy groups -OCH3 is 1. The van der Waals surface area contributed by atoms with Gasteiger partial charge in [0, 0.05) is 5.56 Å². The van der Waals surface area contributed by atoms with Gasteiger partial charge in [0.1, 0.15) is 10.6 Å². The molecule has 0 saturated heterocycles. The van der Waals surface area contributed by atoms with E-state index in [-0.39, 0.29) is 17.1 Å². The molecule has 0 heterocycles.